The van der Waals surface area contributed by atoms with Crippen LogP contribution in [0.2, 0.25) is 0 Å². The van der Waals surface area contributed by atoms with Crippen LogP contribution in [0.25, 0.3) is 0 Å². The third kappa shape index (κ3) is 12.1. The van der Waals surface area contributed by atoms with E-state index in [1.54, 1.807) is 0 Å². The van der Waals surface area contributed by atoms with E-state index in [-0.39, 0.29) is 0 Å². The number of rotatable bonds is 14. The first-order valence-electron chi connectivity index (χ1n) is 10.0. The van der Waals surface area contributed by atoms with Crippen molar-refractivity contribution in [3.8, 4) is 0 Å². The van der Waals surface area contributed by atoms with E-state index < -0.39 is 5.97 Å². The van der Waals surface area contributed by atoms with E-state index in [0.717, 1.165) is 18.8 Å². The van der Waals surface area contributed by atoms with Gasteiger partial charge in [-0.2, -0.15) is 0 Å². The summed E-state index contributed by atoms with van der Waals surface area (Å²) in [6.07, 6.45) is 23.7. The van der Waals surface area contributed by atoms with Crippen molar-refractivity contribution in [2.45, 2.75) is 116 Å². The van der Waals surface area contributed by atoms with E-state index >= 15 is 0 Å². The summed E-state index contributed by atoms with van der Waals surface area (Å²) in [7, 11) is 0. The van der Waals surface area contributed by atoms with E-state index in [9.17, 15) is 4.79 Å². The Kier molecular flexibility index (Phi) is 12.5. The lowest BCUT2D eigenvalue weighted by Gasteiger charge is -2.21. The van der Waals surface area contributed by atoms with Gasteiger partial charge in [0.05, 0.1) is 0 Å². The van der Waals surface area contributed by atoms with Crippen LogP contribution in [-0.4, -0.2) is 11.1 Å². The summed E-state index contributed by atoms with van der Waals surface area (Å²) in [6.45, 7) is 0. The lowest BCUT2D eigenvalue weighted by Crippen LogP contribution is -2.05. The van der Waals surface area contributed by atoms with Crippen molar-refractivity contribution in [1.82, 2.24) is 0 Å². The molecule has 0 unspecified atom stereocenters. The Balaban J connectivity index is 1.70. The minimum Gasteiger partial charge on any atom is -0.481 e. The molecule has 2 heteroatoms. The van der Waals surface area contributed by atoms with E-state index in [1.807, 2.05) is 0 Å². The second-order valence-corrected chi connectivity index (χ2v) is 7.33. The van der Waals surface area contributed by atoms with E-state index in [1.165, 1.54) is 96.3 Å². The van der Waals surface area contributed by atoms with E-state index in [4.69, 9.17) is 5.11 Å². The summed E-state index contributed by atoms with van der Waals surface area (Å²) in [5.41, 5.74) is 0. The smallest absolute Gasteiger partial charge is 0.303 e. The Hall–Kier alpha value is -0.530. The van der Waals surface area contributed by atoms with Crippen LogP contribution in [0.4, 0.5) is 0 Å². The molecule has 1 aliphatic rings. The van der Waals surface area contributed by atoms with Crippen LogP contribution < -0.4 is 0 Å². The molecule has 1 fully saturated rings. The summed E-state index contributed by atoms with van der Waals surface area (Å²) in [5, 5.41) is 8.55. The fraction of sp³-hybridized carbons (Fsp3) is 0.950. The average molecular weight is 311 g/mol. The number of carboxylic acids is 1. The van der Waals surface area contributed by atoms with Gasteiger partial charge >= 0.3 is 5.97 Å². The molecular weight excluding hydrogens is 272 g/mol. The first kappa shape index (κ1) is 19.5. The molecule has 1 aliphatic carbocycles. The quantitative estimate of drug-likeness (QED) is 0.361. The number of carbonyl (C=O) groups is 1. The van der Waals surface area contributed by atoms with Gasteiger partial charge in [0, 0.05) is 6.42 Å². The highest BCUT2D eigenvalue weighted by molar-refractivity contribution is 5.66. The van der Waals surface area contributed by atoms with Crippen molar-refractivity contribution in [3.63, 3.8) is 0 Å². The number of unbranched alkanes of at least 4 members (excludes halogenated alkanes) is 10. The number of hydrogen-bond donors (Lipinski definition) is 1. The van der Waals surface area contributed by atoms with Crippen molar-refractivity contribution < 1.29 is 9.90 Å². The van der Waals surface area contributed by atoms with Crippen molar-refractivity contribution in [2.75, 3.05) is 0 Å². The van der Waals surface area contributed by atoms with Gasteiger partial charge in [-0.25, -0.2) is 0 Å². The summed E-state index contributed by atoms with van der Waals surface area (Å²) < 4.78 is 0. The fourth-order valence-electron chi connectivity index (χ4n) is 3.78. The lowest BCUT2D eigenvalue weighted by molar-refractivity contribution is -0.137. The number of aliphatic carboxylic acids is 1. The molecule has 2 nitrogen and oxygen atoms in total. The molecule has 22 heavy (non-hydrogen) atoms. The monoisotopic (exact) mass is 310 g/mol. The molecule has 130 valence electrons. The molecule has 0 spiro atoms. The van der Waals surface area contributed by atoms with Crippen LogP contribution in [0.3, 0.4) is 0 Å². The predicted molar refractivity (Wildman–Crippen MR) is 94.2 cm³/mol. The SMILES string of the molecule is O=C(O)CCCCCCCCCCCCCC1CCCCC1. The number of carboxylic acid groups (broad SMARTS) is 1. The van der Waals surface area contributed by atoms with Crippen molar-refractivity contribution in [3.05, 3.63) is 0 Å². The maximum Gasteiger partial charge on any atom is 0.303 e. The van der Waals surface area contributed by atoms with Crippen LogP contribution in [0, 0.1) is 5.92 Å². The minimum absolute atomic E-state index is 0.348. The molecule has 0 aromatic heterocycles. The molecule has 0 aliphatic heterocycles. The second kappa shape index (κ2) is 14.1. The fourth-order valence-corrected chi connectivity index (χ4v) is 3.78. The first-order valence-corrected chi connectivity index (χ1v) is 10.0. The maximum absolute atomic E-state index is 10.4. The summed E-state index contributed by atoms with van der Waals surface area (Å²) >= 11 is 0. The molecule has 1 rings (SSSR count). The van der Waals surface area contributed by atoms with Gasteiger partial charge in [0.15, 0.2) is 0 Å². The second-order valence-electron chi connectivity index (χ2n) is 7.33. The van der Waals surface area contributed by atoms with Gasteiger partial charge in [-0.05, 0) is 12.3 Å². The summed E-state index contributed by atoms with van der Waals surface area (Å²) in [6, 6.07) is 0. The molecule has 1 saturated carbocycles. The molecule has 1 N–H and O–H groups in total. The van der Waals surface area contributed by atoms with Gasteiger partial charge in [-0.15, -0.1) is 0 Å². The Bertz CT molecular complexity index is 256. The molecule has 0 atom stereocenters. The Morgan fingerprint density at radius 2 is 1.14 bits per heavy atom. The molecule has 0 aromatic carbocycles. The molecule has 0 amide bonds. The minimum atomic E-state index is -0.650. The van der Waals surface area contributed by atoms with Crippen molar-refractivity contribution in [1.29, 1.82) is 0 Å². The normalized spacial score (nSPS) is 16.0. The predicted octanol–water partition coefficient (Wildman–Crippen LogP) is 6.72. The van der Waals surface area contributed by atoms with Crippen LogP contribution in [0.1, 0.15) is 116 Å². The van der Waals surface area contributed by atoms with Crippen molar-refractivity contribution in [2.24, 2.45) is 5.92 Å². The van der Waals surface area contributed by atoms with Crippen LogP contribution in [0.15, 0.2) is 0 Å². The van der Waals surface area contributed by atoms with E-state index in [0.29, 0.717) is 6.42 Å². The average Bonchev–Trinajstić information content (AvgIpc) is 2.52. The van der Waals surface area contributed by atoms with E-state index in [2.05, 4.69) is 0 Å². The van der Waals surface area contributed by atoms with Crippen LogP contribution in [-0.2, 0) is 4.79 Å². The molecular formula is C20H38O2. The molecule has 0 aromatic rings. The van der Waals surface area contributed by atoms with Gasteiger partial charge in [0.25, 0.3) is 0 Å². The van der Waals surface area contributed by atoms with Gasteiger partial charge < -0.3 is 5.11 Å². The number of hydrogen-bond acceptors (Lipinski definition) is 1. The summed E-state index contributed by atoms with van der Waals surface area (Å²) in [5.74, 6) is 0.415. The van der Waals surface area contributed by atoms with Crippen LogP contribution in [0.5, 0.6) is 0 Å². The zero-order valence-electron chi connectivity index (χ0n) is 14.7. The van der Waals surface area contributed by atoms with Gasteiger partial charge in [-0.3, -0.25) is 4.79 Å². The largest absolute Gasteiger partial charge is 0.481 e. The first-order chi connectivity index (χ1) is 10.8. The zero-order chi connectivity index (χ0) is 15.9. The van der Waals surface area contributed by atoms with Gasteiger partial charge in [0.1, 0.15) is 0 Å². The lowest BCUT2D eigenvalue weighted by atomic mass is 9.85. The third-order valence-corrected chi connectivity index (χ3v) is 5.23. The molecule has 0 radical (unpaired) electrons. The maximum atomic E-state index is 10.4. The zero-order valence-corrected chi connectivity index (χ0v) is 14.7. The summed E-state index contributed by atoms with van der Waals surface area (Å²) in [4.78, 5) is 10.4. The standard InChI is InChI=1S/C20H38O2/c21-20(22)18-14-9-7-5-3-1-2-4-6-8-11-15-19-16-12-10-13-17-19/h19H,1-18H2,(H,21,22). The van der Waals surface area contributed by atoms with Crippen LogP contribution >= 0.6 is 0 Å². The van der Waals surface area contributed by atoms with Gasteiger partial charge in [0.2, 0.25) is 0 Å². The Morgan fingerprint density at radius 1 is 0.682 bits per heavy atom. The topological polar surface area (TPSA) is 37.3 Å². The molecule has 0 heterocycles. The molecule has 0 bridgehead atoms. The Morgan fingerprint density at radius 3 is 1.64 bits per heavy atom. The van der Waals surface area contributed by atoms with Crippen molar-refractivity contribution >= 4 is 5.97 Å². The third-order valence-electron chi connectivity index (χ3n) is 5.23. The highest BCUT2D eigenvalue weighted by atomic mass is 16.4. The molecule has 0 saturated heterocycles. The highest BCUT2D eigenvalue weighted by Gasteiger charge is 2.12. The Labute approximate surface area is 138 Å². The van der Waals surface area contributed by atoms with Gasteiger partial charge in [-0.1, -0.05) is 103 Å². The highest BCUT2D eigenvalue weighted by Crippen LogP contribution is 2.28.